The van der Waals surface area contributed by atoms with Crippen LogP contribution in [0.15, 0.2) is 30.3 Å². The Kier molecular flexibility index (Phi) is 5.61. The van der Waals surface area contributed by atoms with Gasteiger partial charge in [-0.25, -0.2) is 0 Å². The van der Waals surface area contributed by atoms with Crippen LogP contribution in [-0.4, -0.2) is 78.3 Å². The van der Waals surface area contributed by atoms with Crippen LogP contribution in [0.4, 0.5) is 0 Å². The second-order valence-electron chi connectivity index (χ2n) is 7.71. The molecule has 0 radical (unpaired) electrons. The summed E-state index contributed by atoms with van der Waals surface area (Å²) in [5, 5.41) is 69.8. The number of benzene rings is 2. The van der Waals surface area contributed by atoms with E-state index in [1.54, 1.807) is 0 Å². The van der Waals surface area contributed by atoms with Crippen LogP contribution in [0.3, 0.4) is 0 Å². The van der Waals surface area contributed by atoms with E-state index in [4.69, 9.17) is 14.2 Å². The van der Waals surface area contributed by atoms with Gasteiger partial charge in [-0.2, -0.15) is 0 Å². The van der Waals surface area contributed by atoms with Crippen molar-refractivity contribution in [3.8, 4) is 28.7 Å². The molecule has 2 heterocycles. The molecule has 4 rings (SSSR count). The van der Waals surface area contributed by atoms with Gasteiger partial charge in [-0.3, -0.25) is 4.79 Å². The highest BCUT2D eigenvalue weighted by Crippen LogP contribution is 2.43. The number of aliphatic hydroxyl groups is 4. The Hall–Kier alpha value is -3.09. The van der Waals surface area contributed by atoms with E-state index in [0.29, 0.717) is 0 Å². The number of Topliss-reactive ketones (excluding diaryl/α,β-unsaturated/α-hetero) is 1. The van der Waals surface area contributed by atoms with Crippen molar-refractivity contribution in [2.24, 2.45) is 0 Å². The minimum absolute atomic E-state index is 0.0856. The van der Waals surface area contributed by atoms with Crippen molar-refractivity contribution in [3.63, 3.8) is 0 Å². The zero-order chi connectivity index (χ0) is 23.3. The van der Waals surface area contributed by atoms with Gasteiger partial charge in [-0.15, -0.1) is 0 Å². The molecule has 2 aromatic rings. The number of fused-ring (bicyclic) bond motifs is 1. The Bertz CT molecular complexity index is 1040. The van der Waals surface area contributed by atoms with Crippen molar-refractivity contribution >= 4 is 5.78 Å². The summed E-state index contributed by atoms with van der Waals surface area (Å²) < 4.78 is 16.6. The number of hydrogen-bond donors (Lipinski definition) is 7. The van der Waals surface area contributed by atoms with E-state index in [9.17, 15) is 40.5 Å². The minimum Gasteiger partial charge on any atom is -0.507 e. The Morgan fingerprint density at radius 3 is 2.28 bits per heavy atom. The Labute approximate surface area is 181 Å². The first kappa shape index (κ1) is 22.1. The number of aromatic hydroxyl groups is 3. The van der Waals surface area contributed by atoms with Crippen LogP contribution in [0.2, 0.25) is 0 Å². The predicted octanol–water partition coefficient (Wildman–Crippen LogP) is -0.313. The topological polar surface area (TPSA) is 186 Å². The molecule has 0 amide bonds. The van der Waals surface area contributed by atoms with Crippen LogP contribution in [0.5, 0.6) is 28.7 Å². The zero-order valence-corrected chi connectivity index (χ0v) is 16.7. The number of phenolic OH excluding ortho intramolecular Hbond substituents is 3. The lowest BCUT2D eigenvalue weighted by Gasteiger charge is -2.39. The van der Waals surface area contributed by atoms with Crippen LogP contribution in [-0.2, 0) is 4.74 Å². The maximum atomic E-state index is 12.7. The zero-order valence-electron chi connectivity index (χ0n) is 16.7. The molecule has 32 heavy (non-hydrogen) atoms. The van der Waals surface area contributed by atoms with E-state index in [0.717, 1.165) is 12.1 Å². The maximum absolute atomic E-state index is 12.7. The molecule has 7 atom stereocenters. The Balaban J connectivity index is 1.64. The van der Waals surface area contributed by atoms with Gasteiger partial charge in [0.25, 0.3) is 0 Å². The van der Waals surface area contributed by atoms with E-state index >= 15 is 0 Å². The first-order valence-corrected chi connectivity index (χ1v) is 9.72. The van der Waals surface area contributed by atoms with Gasteiger partial charge in [0.1, 0.15) is 41.1 Å². The van der Waals surface area contributed by atoms with Crippen LogP contribution >= 0.6 is 0 Å². The van der Waals surface area contributed by atoms with E-state index in [-0.39, 0.29) is 22.6 Å². The molecule has 0 aromatic heterocycles. The molecular formula is C21H22O11. The summed E-state index contributed by atoms with van der Waals surface area (Å²) >= 11 is 0. The number of ketones is 1. The molecule has 2 aromatic carbocycles. The molecule has 1 fully saturated rings. The highest BCUT2D eigenvalue weighted by Gasteiger charge is 2.44. The number of aliphatic hydroxyl groups excluding tert-OH is 4. The van der Waals surface area contributed by atoms with Gasteiger partial charge in [0.2, 0.25) is 12.1 Å². The molecule has 2 aliphatic rings. The molecule has 0 bridgehead atoms. The summed E-state index contributed by atoms with van der Waals surface area (Å²) in [4.78, 5) is 12.7. The molecule has 11 nitrogen and oxygen atoms in total. The molecular weight excluding hydrogens is 428 g/mol. The van der Waals surface area contributed by atoms with Crippen molar-refractivity contribution in [1.29, 1.82) is 0 Å². The third-order valence-corrected chi connectivity index (χ3v) is 5.50. The number of rotatable bonds is 3. The lowest BCUT2D eigenvalue weighted by Crippen LogP contribution is -2.58. The first-order chi connectivity index (χ1) is 15.1. The molecule has 7 N–H and O–H groups in total. The van der Waals surface area contributed by atoms with E-state index < -0.39 is 65.9 Å². The van der Waals surface area contributed by atoms with Gasteiger partial charge in [-0.05, 0) is 24.6 Å². The molecule has 172 valence electrons. The fraction of sp³-hybridized carbons (Fsp3) is 0.381. The lowest BCUT2D eigenvalue weighted by atomic mass is 9.92. The average Bonchev–Trinajstić information content (AvgIpc) is 2.74. The highest BCUT2D eigenvalue weighted by molar-refractivity contribution is 6.05. The van der Waals surface area contributed by atoms with Gasteiger partial charge < -0.3 is 50.0 Å². The smallest absolute Gasteiger partial charge is 0.229 e. The number of carbonyl (C=O) groups excluding carboxylic acids is 1. The monoisotopic (exact) mass is 450 g/mol. The Morgan fingerprint density at radius 1 is 0.875 bits per heavy atom. The van der Waals surface area contributed by atoms with Crippen molar-refractivity contribution in [1.82, 2.24) is 0 Å². The van der Waals surface area contributed by atoms with Gasteiger partial charge in [0.05, 0.1) is 6.10 Å². The van der Waals surface area contributed by atoms with E-state index in [1.807, 2.05) is 0 Å². The standard InChI is InChI=1S/C21H22O11/c1-7-15(25)17(27)19(29)21(30-7)31-9-5-12(24)14-13(6-9)32-20(18(28)16(14)26)8-2-3-10(22)11(23)4-8/h2-7,15,17-25,27-29H,1H3/t7-,15-,17+,18-,19+,20+,21-/m1/s1. The van der Waals surface area contributed by atoms with Crippen LogP contribution in [0.1, 0.15) is 28.9 Å². The fourth-order valence-electron chi connectivity index (χ4n) is 3.68. The normalized spacial score (nSPS) is 32.2. The summed E-state index contributed by atoms with van der Waals surface area (Å²) in [5.74, 6) is -2.51. The van der Waals surface area contributed by atoms with Gasteiger partial charge >= 0.3 is 0 Å². The number of ether oxygens (including phenoxy) is 3. The molecule has 0 unspecified atom stereocenters. The quantitative estimate of drug-likeness (QED) is 0.304. The number of phenols is 3. The first-order valence-electron chi connectivity index (χ1n) is 9.72. The third kappa shape index (κ3) is 3.70. The predicted molar refractivity (Wildman–Crippen MR) is 105 cm³/mol. The van der Waals surface area contributed by atoms with Crippen LogP contribution in [0.25, 0.3) is 0 Å². The van der Waals surface area contributed by atoms with Crippen molar-refractivity contribution in [2.45, 2.75) is 49.8 Å². The number of hydrogen-bond acceptors (Lipinski definition) is 11. The fourth-order valence-corrected chi connectivity index (χ4v) is 3.68. The molecule has 0 spiro atoms. The van der Waals surface area contributed by atoms with Gasteiger partial charge in [-0.1, -0.05) is 6.07 Å². The third-order valence-electron chi connectivity index (χ3n) is 5.50. The van der Waals surface area contributed by atoms with E-state index in [1.165, 1.54) is 25.1 Å². The van der Waals surface area contributed by atoms with Crippen molar-refractivity contribution in [2.75, 3.05) is 0 Å². The molecule has 2 aliphatic heterocycles. The highest BCUT2D eigenvalue weighted by atomic mass is 16.7. The lowest BCUT2D eigenvalue weighted by molar-refractivity contribution is -0.268. The van der Waals surface area contributed by atoms with Crippen molar-refractivity contribution < 1.29 is 54.8 Å². The summed E-state index contributed by atoms with van der Waals surface area (Å²) in [5.41, 5.74) is -0.104. The van der Waals surface area contributed by atoms with E-state index in [2.05, 4.69) is 0 Å². The Morgan fingerprint density at radius 2 is 1.59 bits per heavy atom. The largest absolute Gasteiger partial charge is 0.507 e. The second kappa shape index (κ2) is 8.11. The van der Waals surface area contributed by atoms with Gasteiger partial charge in [0, 0.05) is 12.1 Å². The summed E-state index contributed by atoms with van der Waals surface area (Å²) in [6.07, 6.45) is -9.67. The van der Waals surface area contributed by atoms with Crippen molar-refractivity contribution in [3.05, 3.63) is 41.5 Å². The van der Waals surface area contributed by atoms with Gasteiger partial charge in [0.15, 0.2) is 23.7 Å². The number of carbonyl (C=O) groups is 1. The summed E-state index contributed by atoms with van der Waals surface area (Å²) in [6.45, 7) is 1.47. The molecule has 1 saturated heterocycles. The minimum atomic E-state index is -1.70. The second-order valence-corrected chi connectivity index (χ2v) is 7.71. The SMILES string of the molecule is C[C@H]1O[C@H](Oc2cc(O)c3c(c2)O[C@@H](c2ccc(O)c(O)c2)[C@H](O)C3=O)[C@@H](O)[C@@H](O)[C@@H]1O. The van der Waals surface area contributed by atoms with Crippen LogP contribution < -0.4 is 9.47 Å². The van der Waals surface area contributed by atoms with Crippen LogP contribution in [0, 0.1) is 0 Å². The summed E-state index contributed by atoms with van der Waals surface area (Å²) in [7, 11) is 0. The molecule has 0 aliphatic carbocycles. The molecule has 0 saturated carbocycles. The molecule has 11 heteroatoms. The summed E-state index contributed by atoms with van der Waals surface area (Å²) in [6, 6.07) is 5.92. The maximum Gasteiger partial charge on any atom is 0.229 e. The average molecular weight is 450 g/mol.